The molecule has 0 unspecified atom stereocenters. The lowest BCUT2D eigenvalue weighted by Crippen LogP contribution is -1.98. The van der Waals surface area contributed by atoms with Crippen LogP contribution in [0.5, 0.6) is 0 Å². The molecule has 0 saturated heterocycles. The second-order valence-electron chi connectivity index (χ2n) is 4.84. The normalized spacial score (nSPS) is 10.7. The van der Waals surface area contributed by atoms with Crippen LogP contribution < -0.4 is 5.73 Å². The van der Waals surface area contributed by atoms with E-state index >= 15 is 0 Å². The van der Waals surface area contributed by atoms with Crippen LogP contribution in [0.2, 0.25) is 0 Å². The van der Waals surface area contributed by atoms with E-state index < -0.39 is 0 Å². The summed E-state index contributed by atoms with van der Waals surface area (Å²) in [7, 11) is 1.86. The van der Waals surface area contributed by atoms with Crippen molar-refractivity contribution < 1.29 is 0 Å². The highest BCUT2D eigenvalue weighted by Crippen LogP contribution is 2.35. The van der Waals surface area contributed by atoms with Crippen molar-refractivity contribution >= 4 is 5.82 Å². The smallest absolute Gasteiger partial charge is 0.129 e. The van der Waals surface area contributed by atoms with Crippen molar-refractivity contribution in [2.75, 3.05) is 5.73 Å². The van der Waals surface area contributed by atoms with Crippen molar-refractivity contribution in [1.29, 1.82) is 0 Å². The van der Waals surface area contributed by atoms with Gasteiger partial charge in [0.15, 0.2) is 0 Å². The number of nitrogens with two attached hydrogens (primary N) is 1. The molecule has 0 amide bonds. The van der Waals surface area contributed by atoms with E-state index in [0.717, 1.165) is 22.4 Å². The van der Waals surface area contributed by atoms with Gasteiger partial charge in [0.2, 0.25) is 0 Å². The van der Waals surface area contributed by atoms with Gasteiger partial charge in [0.1, 0.15) is 11.5 Å². The molecular formula is C16H16N4. The van der Waals surface area contributed by atoms with E-state index in [1.807, 2.05) is 31.4 Å². The maximum Gasteiger partial charge on any atom is 0.129 e. The number of nitrogen functional groups attached to an aromatic ring is 1. The fraction of sp³-hybridized carbons (Fsp3) is 0.125. The molecule has 2 heterocycles. The summed E-state index contributed by atoms with van der Waals surface area (Å²) < 4.78 is 1.71. The zero-order valence-electron chi connectivity index (χ0n) is 11.5. The predicted molar refractivity (Wildman–Crippen MR) is 81.0 cm³/mol. The number of hydrogen-bond donors (Lipinski definition) is 1. The zero-order chi connectivity index (χ0) is 14.1. The maximum atomic E-state index is 6.18. The summed E-state index contributed by atoms with van der Waals surface area (Å²) >= 11 is 0. The number of aryl methyl sites for hydroxylation is 2. The summed E-state index contributed by atoms with van der Waals surface area (Å²) in [6.45, 7) is 2.07. The first kappa shape index (κ1) is 12.4. The molecule has 1 aromatic carbocycles. The van der Waals surface area contributed by atoms with Gasteiger partial charge in [0.05, 0.1) is 5.56 Å². The van der Waals surface area contributed by atoms with E-state index in [1.54, 1.807) is 10.9 Å². The van der Waals surface area contributed by atoms with E-state index in [0.29, 0.717) is 5.82 Å². The molecule has 0 saturated carbocycles. The van der Waals surface area contributed by atoms with Crippen LogP contribution >= 0.6 is 0 Å². The molecule has 0 aliphatic carbocycles. The lowest BCUT2D eigenvalue weighted by molar-refractivity contribution is 0.782. The zero-order valence-corrected chi connectivity index (χ0v) is 11.5. The molecule has 0 bridgehead atoms. The molecule has 0 aliphatic heterocycles. The van der Waals surface area contributed by atoms with Gasteiger partial charge in [-0.1, -0.05) is 29.8 Å². The highest BCUT2D eigenvalue weighted by molar-refractivity contribution is 5.87. The first-order chi connectivity index (χ1) is 9.66. The molecule has 0 fully saturated rings. The van der Waals surface area contributed by atoms with Gasteiger partial charge in [-0.05, 0) is 19.1 Å². The van der Waals surface area contributed by atoms with Crippen molar-refractivity contribution in [3.63, 3.8) is 0 Å². The molecule has 100 valence electrons. The summed E-state index contributed by atoms with van der Waals surface area (Å²) in [6.07, 6.45) is 3.56. The van der Waals surface area contributed by atoms with Crippen molar-refractivity contribution in [3.05, 3.63) is 54.4 Å². The number of benzene rings is 1. The van der Waals surface area contributed by atoms with Crippen LogP contribution in [0.1, 0.15) is 5.56 Å². The van der Waals surface area contributed by atoms with Crippen LogP contribution in [-0.2, 0) is 7.05 Å². The SMILES string of the molecule is Cc1cccc(-c2nn(C)c(N)c2-c2cccnc2)c1. The third kappa shape index (κ3) is 2.05. The van der Waals surface area contributed by atoms with Gasteiger partial charge in [-0.3, -0.25) is 9.67 Å². The number of anilines is 1. The standard InChI is InChI=1S/C16H16N4/c1-11-5-3-6-12(9-11)15-14(16(17)20(2)19-15)13-7-4-8-18-10-13/h3-10H,17H2,1-2H3. The fourth-order valence-corrected chi connectivity index (χ4v) is 2.33. The number of rotatable bonds is 2. The highest BCUT2D eigenvalue weighted by Gasteiger charge is 2.17. The lowest BCUT2D eigenvalue weighted by atomic mass is 10.0. The minimum atomic E-state index is 0.648. The first-order valence-corrected chi connectivity index (χ1v) is 6.46. The summed E-state index contributed by atoms with van der Waals surface area (Å²) in [6, 6.07) is 12.2. The monoisotopic (exact) mass is 264 g/mol. The third-order valence-corrected chi connectivity index (χ3v) is 3.33. The Morgan fingerprint density at radius 2 is 1.90 bits per heavy atom. The Kier molecular flexibility index (Phi) is 2.99. The Bertz CT molecular complexity index is 744. The molecule has 0 spiro atoms. The Hall–Kier alpha value is -2.62. The van der Waals surface area contributed by atoms with Crippen LogP contribution in [0.3, 0.4) is 0 Å². The lowest BCUT2D eigenvalue weighted by Gasteiger charge is -2.04. The third-order valence-electron chi connectivity index (χ3n) is 3.33. The second-order valence-corrected chi connectivity index (χ2v) is 4.84. The van der Waals surface area contributed by atoms with E-state index in [2.05, 4.69) is 35.2 Å². The van der Waals surface area contributed by atoms with Gasteiger partial charge >= 0.3 is 0 Å². The quantitative estimate of drug-likeness (QED) is 0.774. The number of nitrogens with zero attached hydrogens (tertiary/aromatic N) is 3. The average molecular weight is 264 g/mol. The van der Waals surface area contributed by atoms with Crippen molar-refractivity contribution in [2.24, 2.45) is 7.05 Å². The Morgan fingerprint density at radius 3 is 2.60 bits per heavy atom. The summed E-state index contributed by atoms with van der Waals surface area (Å²) in [5.41, 5.74) is 11.3. The molecule has 0 atom stereocenters. The first-order valence-electron chi connectivity index (χ1n) is 6.46. The topological polar surface area (TPSA) is 56.7 Å². The highest BCUT2D eigenvalue weighted by atomic mass is 15.3. The van der Waals surface area contributed by atoms with Crippen molar-refractivity contribution in [1.82, 2.24) is 14.8 Å². The molecule has 2 aromatic heterocycles. The van der Waals surface area contributed by atoms with Crippen LogP contribution in [0.25, 0.3) is 22.4 Å². The van der Waals surface area contributed by atoms with Crippen LogP contribution in [0.4, 0.5) is 5.82 Å². The average Bonchev–Trinajstić information content (AvgIpc) is 2.76. The van der Waals surface area contributed by atoms with Gasteiger partial charge in [0, 0.05) is 30.6 Å². The fourth-order valence-electron chi connectivity index (χ4n) is 2.33. The Morgan fingerprint density at radius 1 is 1.10 bits per heavy atom. The van der Waals surface area contributed by atoms with E-state index in [9.17, 15) is 0 Å². The number of pyridine rings is 1. The summed E-state index contributed by atoms with van der Waals surface area (Å²) in [4.78, 5) is 4.17. The molecule has 20 heavy (non-hydrogen) atoms. The van der Waals surface area contributed by atoms with E-state index in [4.69, 9.17) is 5.73 Å². The van der Waals surface area contributed by atoms with Crippen molar-refractivity contribution in [3.8, 4) is 22.4 Å². The summed E-state index contributed by atoms with van der Waals surface area (Å²) in [5.74, 6) is 0.648. The molecule has 3 aromatic rings. The van der Waals surface area contributed by atoms with E-state index in [1.165, 1.54) is 5.56 Å². The largest absolute Gasteiger partial charge is 0.383 e. The van der Waals surface area contributed by atoms with Gasteiger partial charge in [-0.2, -0.15) is 5.10 Å². The van der Waals surface area contributed by atoms with Gasteiger partial charge < -0.3 is 5.73 Å². The molecule has 3 rings (SSSR count). The van der Waals surface area contributed by atoms with Crippen LogP contribution in [0, 0.1) is 6.92 Å². The number of hydrogen-bond acceptors (Lipinski definition) is 3. The van der Waals surface area contributed by atoms with Crippen molar-refractivity contribution in [2.45, 2.75) is 6.92 Å². The van der Waals surface area contributed by atoms with Crippen LogP contribution in [-0.4, -0.2) is 14.8 Å². The summed E-state index contributed by atoms with van der Waals surface area (Å²) in [5, 5.41) is 4.56. The molecule has 4 nitrogen and oxygen atoms in total. The Balaban J connectivity index is 2.25. The van der Waals surface area contributed by atoms with Gasteiger partial charge in [-0.25, -0.2) is 0 Å². The predicted octanol–water partition coefficient (Wildman–Crippen LogP) is 3.04. The minimum absolute atomic E-state index is 0.648. The van der Waals surface area contributed by atoms with Gasteiger partial charge in [-0.15, -0.1) is 0 Å². The molecule has 4 heteroatoms. The molecule has 0 aliphatic rings. The van der Waals surface area contributed by atoms with Crippen LogP contribution in [0.15, 0.2) is 48.8 Å². The minimum Gasteiger partial charge on any atom is -0.383 e. The molecule has 2 N–H and O–H groups in total. The maximum absolute atomic E-state index is 6.18. The molecular weight excluding hydrogens is 248 g/mol. The Labute approximate surface area is 117 Å². The van der Waals surface area contributed by atoms with Gasteiger partial charge in [0.25, 0.3) is 0 Å². The second kappa shape index (κ2) is 4.81. The van der Waals surface area contributed by atoms with E-state index in [-0.39, 0.29) is 0 Å². The number of aromatic nitrogens is 3. The molecule has 0 radical (unpaired) electrons.